The number of hydrogen-bond acceptors (Lipinski definition) is 3. The third-order valence-corrected chi connectivity index (χ3v) is 3.83. The molecule has 5 heteroatoms. The summed E-state index contributed by atoms with van der Waals surface area (Å²) in [5, 5.41) is 3.09. The fourth-order valence-corrected chi connectivity index (χ4v) is 2.65. The van der Waals surface area contributed by atoms with Crippen LogP contribution in [0.3, 0.4) is 0 Å². The van der Waals surface area contributed by atoms with Crippen LogP contribution in [0.4, 0.5) is 4.79 Å². The number of ether oxygens (including phenoxy) is 1. The van der Waals surface area contributed by atoms with Crippen LogP contribution in [0.15, 0.2) is 24.5 Å². The molecule has 1 saturated carbocycles. The lowest BCUT2D eigenvalue weighted by Crippen LogP contribution is -2.49. The van der Waals surface area contributed by atoms with Crippen LogP contribution >= 0.6 is 0 Å². The van der Waals surface area contributed by atoms with E-state index in [1.165, 1.54) is 6.42 Å². The van der Waals surface area contributed by atoms with Gasteiger partial charge in [-0.05, 0) is 30.5 Å². The van der Waals surface area contributed by atoms with Crippen LogP contribution in [0.25, 0.3) is 0 Å². The quantitative estimate of drug-likeness (QED) is 0.917. The maximum absolute atomic E-state index is 12.2. The van der Waals surface area contributed by atoms with E-state index in [0.717, 1.165) is 24.8 Å². The van der Waals surface area contributed by atoms with E-state index < -0.39 is 0 Å². The van der Waals surface area contributed by atoms with Crippen LogP contribution in [0.1, 0.15) is 31.2 Å². The highest BCUT2D eigenvalue weighted by molar-refractivity contribution is 5.74. The number of carbonyl (C=O) groups excluding carboxylic acids is 1. The van der Waals surface area contributed by atoms with E-state index in [-0.39, 0.29) is 18.2 Å². The monoisotopic (exact) mass is 277 g/mol. The summed E-state index contributed by atoms with van der Waals surface area (Å²) >= 11 is 0. The molecule has 2 rings (SSSR count). The molecule has 20 heavy (non-hydrogen) atoms. The van der Waals surface area contributed by atoms with Crippen LogP contribution in [0.2, 0.25) is 0 Å². The number of rotatable bonds is 4. The lowest BCUT2D eigenvalue weighted by atomic mass is 9.92. The molecular formula is C15H23N3O2. The molecular weight excluding hydrogens is 254 g/mol. The zero-order valence-corrected chi connectivity index (χ0v) is 12.2. The summed E-state index contributed by atoms with van der Waals surface area (Å²) < 4.78 is 5.46. The summed E-state index contributed by atoms with van der Waals surface area (Å²) in [6.45, 7) is 0.582. The van der Waals surface area contributed by atoms with Gasteiger partial charge in [-0.1, -0.05) is 12.8 Å². The Morgan fingerprint density at radius 2 is 2.10 bits per heavy atom. The van der Waals surface area contributed by atoms with Crippen molar-refractivity contribution in [2.24, 2.45) is 0 Å². The molecule has 1 fully saturated rings. The van der Waals surface area contributed by atoms with Gasteiger partial charge in [-0.25, -0.2) is 4.79 Å². The molecule has 5 nitrogen and oxygen atoms in total. The maximum Gasteiger partial charge on any atom is 0.317 e. The molecule has 1 aliphatic carbocycles. The maximum atomic E-state index is 12.2. The first-order chi connectivity index (χ1) is 9.70. The lowest BCUT2D eigenvalue weighted by Gasteiger charge is -2.32. The molecule has 110 valence electrons. The topological polar surface area (TPSA) is 54.5 Å². The SMILES string of the molecule is CO[C@@H]1CCCC[C@H]1NC(=O)N(C)Cc1ccncc1. The molecule has 0 aromatic carbocycles. The molecule has 2 amide bonds. The minimum atomic E-state index is -0.0456. The van der Waals surface area contributed by atoms with E-state index in [0.29, 0.717) is 6.54 Å². The summed E-state index contributed by atoms with van der Waals surface area (Å²) in [7, 11) is 3.52. The number of hydrogen-bond donors (Lipinski definition) is 1. The van der Waals surface area contributed by atoms with Crippen LogP contribution in [0.5, 0.6) is 0 Å². The molecule has 1 heterocycles. The molecule has 1 N–H and O–H groups in total. The molecule has 0 saturated heterocycles. The second-order valence-corrected chi connectivity index (χ2v) is 5.33. The zero-order valence-electron chi connectivity index (χ0n) is 12.2. The van der Waals surface area contributed by atoms with Crippen molar-refractivity contribution in [1.29, 1.82) is 0 Å². The first kappa shape index (κ1) is 14.8. The van der Waals surface area contributed by atoms with Crippen molar-refractivity contribution in [1.82, 2.24) is 15.2 Å². The highest BCUT2D eigenvalue weighted by Gasteiger charge is 2.27. The Balaban J connectivity index is 1.87. The zero-order chi connectivity index (χ0) is 14.4. The van der Waals surface area contributed by atoms with Gasteiger partial charge in [-0.15, -0.1) is 0 Å². The third kappa shape index (κ3) is 3.93. The number of pyridine rings is 1. The highest BCUT2D eigenvalue weighted by atomic mass is 16.5. The number of methoxy groups -OCH3 is 1. The standard InChI is InChI=1S/C15H23N3O2/c1-18(11-12-7-9-16-10-8-12)15(19)17-13-5-3-4-6-14(13)20-2/h7-10,13-14H,3-6,11H2,1-2H3,(H,17,19)/t13-,14-/m1/s1. The Bertz CT molecular complexity index is 424. The minimum Gasteiger partial charge on any atom is -0.379 e. The van der Waals surface area contributed by atoms with E-state index in [1.54, 1.807) is 31.5 Å². The Kier molecular flexibility index (Phi) is 5.35. The normalized spacial score (nSPS) is 22.3. The van der Waals surface area contributed by atoms with Crippen LogP contribution < -0.4 is 5.32 Å². The Morgan fingerprint density at radius 3 is 2.80 bits per heavy atom. The van der Waals surface area contributed by atoms with E-state index in [2.05, 4.69) is 10.3 Å². The number of amides is 2. The van der Waals surface area contributed by atoms with Gasteiger partial charge < -0.3 is 15.0 Å². The van der Waals surface area contributed by atoms with Gasteiger partial charge >= 0.3 is 6.03 Å². The van der Waals surface area contributed by atoms with Gasteiger partial charge in [0, 0.05) is 33.1 Å². The van der Waals surface area contributed by atoms with Gasteiger partial charge in [0.05, 0.1) is 12.1 Å². The molecule has 2 atom stereocenters. The number of carbonyl (C=O) groups is 1. The Morgan fingerprint density at radius 1 is 1.40 bits per heavy atom. The molecule has 0 unspecified atom stereocenters. The molecule has 0 aliphatic heterocycles. The number of urea groups is 1. The van der Waals surface area contributed by atoms with Gasteiger partial charge in [0.1, 0.15) is 0 Å². The molecule has 1 aliphatic rings. The molecule has 0 bridgehead atoms. The van der Waals surface area contributed by atoms with E-state index >= 15 is 0 Å². The Hall–Kier alpha value is -1.62. The number of nitrogens with zero attached hydrogens (tertiary/aromatic N) is 2. The lowest BCUT2D eigenvalue weighted by molar-refractivity contribution is 0.0434. The van der Waals surface area contributed by atoms with Crippen LogP contribution in [0, 0.1) is 0 Å². The highest BCUT2D eigenvalue weighted by Crippen LogP contribution is 2.21. The summed E-state index contributed by atoms with van der Waals surface area (Å²) in [6, 6.07) is 3.92. The van der Waals surface area contributed by atoms with E-state index in [9.17, 15) is 4.79 Å². The Labute approximate surface area is 120 Å². The first-order valence-electron chi connectivity index (χ1n) is 7.14. The van der Waals surface area contributed by atoms with Crippen molar-refractivity contribution < 1.29 is 9.53 Å². The second-order valence-electron chi connectivity index (χ2n) is 5.33. The molecule has 1 aromatic heterocycles. The van der Waals surface area contributed by atoms with Crippen molar-refractivity contribution in [3.05, 3.63) is 30.1 Å². The fourth-order valence-electron chi connectivity index (χ4n) is 2.65. The van der Waals surface area contributed by atoms with E-state index in [4.69, 9.17) is 4.74 Å². The molecule has 0 spiro atoms. The minimum absolute atomic E-state index is 0.0456. The van der Waals surface area contributed by atoms with Gasteiger partial charge in [0.15, 0.2) is 0 Å². The molecule has 1 aromatic rings. The average molecular weight is 277 g/mol. The van der Waals surface area contributed by atoms with E-state index in [1.807, 2.05) is 12.1 Å². The van der Waals surface area contributed by atoms with Crippen LogP contribution in [-0.4, -0.2) is 42.2 Å². The van der Waals surface area contributed by atoms with Crippen molar-refractivity contribution in [3.8, 4) is 0 Å². The van der Waals surface area contributed by atoms with Gasteiger partial charge in [0.2, 0.25) is 0 Å². The summed E-state index contributed by atoms with van der Waals surface area (Å²) in [4.78, 5) is 17.9. The summed E-state index contributed by atoms with van der Waals surface area (Å²) in [6.07, 6.45) is 7.97. The average Bonchev–Trinajstić information content (AvgIpc) is 2.48. The number of nitrogens with one attached hydrogen (secondary N) is 1. The van der Waals surface area contributed by atoms with Gasteiger partial charge in [-0.2, -0.15) is 0 Å². The fraction of sp³-hybridized carbons (Fsp3) is 0.600. The van der Waals surface area contributed by atoms with Crippen molar-refractivity contribution in [2.75, 3.05) is 14.2 Å². The number of aromatic nitrogens is 1. The van der Waals surface area contributed by atoms with Gasteiger partial charge in [0.25, 0.3) is 0 Å². The first-order valence-corrected chi connectivity index (χ1v) is 7.14. The van der Waals surface area contributed by atoms with Crippen molar-refractivity contribution >= 4 is 6.03 Å². The predicted octanol–water partition coefficient (Wildman–Crippen LogP) is 2.18. The predicted molar refractivity (Wildman–Crippen MR) is 77.3 cm³/mol. The second kappa shape index (κ2) is 7.24. The summed E-state index contributed by atoms with van der Waals surface area (Å²) in [5.41, 5.74) is 1.07. The van der Waals surface area contributed by atoms with Crippen LogP contribution in [-0.2, 0) is 11.3 Å². The smallest absolute Gasteiger partial charge is 0.317 e. The third-order valence-electron chi connectivity index (χ3n) is 3.83. The summed E-state index contributed by atoms with van der Waals surface area (Å²) in [5.74, 6) is 0. The van der Waals surface area contributed by atoms with Gasteiger partial charge in [-0.3, -0.25) is 4.98 Å². The largest absolute Gasteiger partial charge is 0.379 e. The van der Waals surface area contributed by atoms with Crippen molar-refractivity contribution in [2.45, 2.75) is 44.4 Å². The van der Waals surface area contributed by atoms with Crippen molar-refractivity contribution in [3.63, 3.8) is 0 Å². The molecule has 0 radical (unpaired) electrons.